The van der Waals surface area contributed by atoms with E-state index in [9.17, 15) is 15.2 Å². The van der Waals surface area contributed by atoms with Crippen molar-refractivity contribution in [1.29, 1.82) is 0 Å². The van der Waals surface area contributed by atoms with Gasteiger partial charge in [0, 0.05) is 0 Å². The van der Waals surface area contributed by atoms with Gasteiger partial charge in [-0.3, -0.25) is 0 Å². The average molecular weight is 291 g/mol. The van der Waals surface area contributed by atoms with E-state index in [0.717, 1.165) is 16.9 Å². The third-order valence-corrected chi connectivity index (χ3v) is 3.04. The van der Waals surface area contributed by atoms with Crippen LogP contribution in [0, 0.1) is 24.0 Å². The van der Waals surface area contributed by atoms with Crippen molar-refractivity contribution in [1.82, 2.24) is 9.78 Å². The highest BCUT2D eigenvalue weighted by atomic mass is 16.6. The molecule has 0 saturated heterocycles. The number of rotatable bonds is 6. The SMILES string of the molecule is Cc1cccc(C)c1OCC(O)Cn1ccc([N+](=O)[O-])n1. The van der Waals surface area contributed by atoms with Crippen LogP contribution < -0.4 is 4.74 Å². The molecule has 1 aromatic carbocycles. The Morgan fingerprint density at radius 3 is 2.62 bits per heavy atom. The summed E-state index contributed by atoms with van der Waals surface area (Å²) in [6.07, 6.45) is 0.656. The molecule has 0 aliphatic carbocycles. The van der Waals surface area contributed by atoms with Gasteiger partial charge in [0.15, 0.2) is 0 Å². The fourth-order valence-electron chi connectivity index (χ4n) is 2.03. The van der Waals surface area contributed by atoms with Gasteiger partial charge in [-0.05, 0) is 29.9 Å². The van der Waals surface area contributed by atoms with Crippen molar-refractivity contribution in [3.63, 3.8) is 0 Å². The maximum absolute atomic E-state index is 10.5. The molecule has 2 rings (SSSR count). The fraction of sp³-hybridized carbons (Fsp3) is 0.357. The van der Waals surface area contributed by atoms with Gasteiger partial charge in [0.25, 0.3) is 0 Å². The second-order valence-electron chi connectivity index (χ2n) is 4.84. The third-order valence-electron chi connectivity index (χ3n) is 3.04. The first kappa shape index (κ1) is 15.0. The minimum Gasteiger partial charge on any atom is -0.490 e. The Bertz CT molecular complexity index is 619. The van der Waals surface area contributed by atoms with Crippen LogP contribution in [0.3, 0.4) is 0 Å². The van der Waals surface area contributed by atoms with Crippen molar-refractivity contribution in [2.45, 2.75) is 26.5 Å². The van der Waals surface area contributed by atoms with Gasteiger partial charge >= 0.3 is 5.82 Å². The summed E-state index contributed by atoms with van der Waals surface area (Å²) >= 11 is 0. The number of nitrogens with zero attached hydrogens (tertiary/aromatic N) is 3. The van der Waals surface area contributed by atoms with Crippen LogP contribution in [0.2, 0.25) is 0 Å². The van der Waals surface area contributed by atoms with E-state index in [-0.39, 0.29) is 19.0 Å². The highest BCUT2D eigenvalue weighted by Gasteiger charge is 2.15. The summed E-state index contributed by atoms with van der Waals surface area (Å²) in [4.78, 5) is 9.95. The molecular weight excluding hydrogens is 274 g/mol. The lowest BCUT2D eigenvalue weighted by Gasteiger charge is -2.14. The van der Waals surface area contributed by atoms with E-state index in [2.05, 4.69) is 5.10 Å². The third kappa shape index (κ3) is 3.79. The number of para-hydroxylation sites is 1. The van der Waals surface area contributed by atoms with Crippen molar-refractivity contribution in [2.75, 3.05) is 6.61 Å². The number of aliphatic hydroxyl groups excluding tert-OH is 1. The molecular formula is C14H17N3O4. The standard InChI is InChI=1S/C14H17N3O4/c1-10-4-3-5-11(2)14(10)21-9-12(18)8-16-7-6-13(15-16)17(19)20/h3-7,12,18H,8-9H2,1-2H3. The maximum atomic E-state index is 10.5. The molecule has 1 N–H and O–H groups in total. The first-order valence-corrected chi connectivity index (χ1v) is 6.52. The summed E-state index contributed by atoms with van der Waals surface area (Å²) in [5.74, 6) is 0.515. The molecule has 7 heteroatoms. The lowest BCUT2D eigenvalue weighted by Crippen LogP contribution is -2.24. The summed E-state index contributed by atoms with van der Waals surface area (Å²) in [5.41, 5.74) is 1.99. The molecule has 0 radical (unpaired) electrons. The molecule has 0 fully saturated rings. The molecule has 0 aliphatic rings. The summed E-state index contributed by atoms with van der Waals surface area (Å²) in [6, 6.07) is 7.10. The van der Waals surface area contributed by atoms with E-state index >= 15 is 0 Å². The lowest BCUT2D eigenvalue weighted by molar-refractivity contribution is -0.389. The summed E-state index contributed by atoms with van der Waals surface area (Å²) < 4.78 is 6.96. The number of aliphatic hydroxyl groups is 1. The first-order chi connectivity index (χ1) is 9.97. The minimum atomic E-state index is -0.802. The van der Waals surface area contributed by atoms with Gasteiger partial charge < -0.3 is 20.0 Å². The normalized spacial score (nSPS) is 12.1. The number of ether oxygens (including phenoxy) is 1. The molecule has 1 unspecified atom stereocenters. The fourth-order valence-corrected chi connectivity index (χ4v) is 2.03. The number of aryl methyl sites for hydroxylation is 2. The van der Waals surface area contributed by atoms with E-state index < -0.39 is 11.0 Å². The van der Waals surface area contributed by atoms with Crippen LogP contribution in [0.25, 0.3) is 0 Å². The predicted molar refractivity (Wildman–Crippen MR) is 76.3 cm³/mol. The Morgan fingerprint density at radius 2 is 2.05 bits per heavy atom. The monoisotopic (exact) mass is 291 g/mol. The van der Waals surface area contributed by atoms with E-state index in [1.54, 1.807) is 0 Å². The number of nitro groups is 1. The zero-order valence-corrected chi connectivity index (χ0v) is 11.9. The first-order valence-electron chi connectivity index (χ1n) is 6.52. The highest BCUT2D eigenvalue weighted by Crippen LogP contribution is 2.22. The molecule has 0 saturated carbocycles. The van der Waals surface area contributed by atoms with Gasteiger partial charge in [-0.15, -0.1) is 0 Å². The van der Waals surface area contributed by atoms with Gasteiger partial charge in [0.1, 0.15) is 18.5 Å². The van der Waals surface area contributed by atoms with Gasteiger partial charge in [0.05, 0.1) is 23.9 Å². The number of hydrogen-bond donors (Lipinski definition) is 1. The Kier molecular flexibility index (Phi) is 4.54. The summed E-state index contributed by atoms with van der Waals surface area (Å²) in [6.45, 7) is 4.11. The Labute approximate surface area is 121 Å². The van der Waals surface area contributed by atoms with Crippen molar-refractivity contribution in [2.24, 2.45) is 0 Å². The molecule has 0 bridgehead atoms. The van der Waals surface area contributed by atoms with E-state index in [1.165, 1.54) is 16.9 Å². The van der Waals surface area contributed by atoms with Gasteiger partial charge in [-0.1, -0.05) is 18.2 Å². The zero-order valence-electron chi connectivity index (χ0n) is 11.9. The average Bonchev–Trinajstić information content (AvgIpc) is 2.87. The van der Waals surface area contributed by atoms with Crippen LogP contribution in [0.5, 0.6) is 5.75 Å². The maximum Gasteiger partial charge on any atom is 0.389 e. The summed E-state index contributed by atoms with van der Waals surface area (Å²) in [5, 5.41) is 24.2. The van der Waals surface area contributed by atoms with E-state index in [4.69, 9.17) is 4.74 Å². The topological polar surface area (TPSA) is 90.4 Å². The van der Waals surface area contributed by atoms with Gasteiger partial charge in [-0.2, -0.15) is 4.68 Å². The molecule has 1 atom stereocenters. The minimum absolute atomic E-state index is 0.0966. The molecule has 1 heterocycles. The lowest BCUT2D eigenvalue weighted by atomic mass is 10.1. The number of aromatic nitrogens is 2. The quantitative estimate of drug-likeness (QED) is 0.648. The van der Waals surface area contributed by atoms with Crippen LogP contribution in [-0.2, 0) is 6.54 Å². The number of hydrogen-bond acceptors (Lipinski definition) is 5. The van der Waals surface area contributed by atoms with Gasteiger partial charge in [-0.25, -0.2) is 0 Å². The van der Waals surface area contributed by atoms with Crippen molar-refractivity contribution in [3.8, 4) is 5.75 Å². The Morgan fingerprint density at radius 1 is 1.38 bits per heavy atom. The molecule has 0 spiro atoms. The Balaban J connectivity index is 1.92. The predicted octanol–water partition coefficient (Wildman–Crippen LogP) is 1.85. The molecule has 7 nitrogen and oxygen atoms in total. The van der Waals surface area contributed by atoms with E-state index in [1.807, 2.05) is 32.0 Å². The van der Waals surface area contributed by atoms with Crippen LogP contribution in [0.4, 0.5) is 5.82 Å². The van der Waals surface area contributed by atoms with Crippen molar-refractivity contribution >= 4 is 5.82 Å². The van der Waals surface area contributed by atoms with Gasteiger partial charge in [0.2, 0.25) is 0 Å². The Hall–Kier alpha value is -2.41. The van der Waals surface area contributed by atoms with Crippen LogP contribution in [-0.4, -0.2) is 32.5 Å². The van der Waals surface area contributed by atoms with E-state index in [0.29, 0.717) is 0 Å². The van der Waals surface area contributed by atoms with Crippen LogP contribution in [0.1, 0.15) is 11.1 Å². The second kappa shape index (κ2) is 6.36. The summed E-state index contributed by atoms with van der Waals surface area (Å²) in [7, 11) is 0. The second-order valence-corrected chi connectivity index (χ2v) is 4.84. The molecule has 0 aliphatic heterocycles. The largest absolute Gasteiger partial charge is 0.490 e. The smallest absolute Gasteiger partial charge is 0.389 e. The molecule has 1 aromatic heterocycles. The zero-order chi connectivity index (χ0) is 15.4. The molecule has 0 amide bonds. The molecule has 21 heavy (non-hydrogen) atoms. The van der Waals surface area contributed by atoms with Crippen LogP contribution in [0.15, 0.2) is 30.5 Å². The van der Waals surface area contributed by atoms with Crippen molar-refractivity contribution < 1.29 is 14.8 Å². The van der Waals surface area contributed by atoms with Crippen LogP contribution >= 0.6 is 0 Å². The van der Waals surface area contributed by atoms with Crippen molar-refractivity contribution in [3.05, 3.63) is 51.7 Å². The number of benzene rings is 1. The molecule has 112 valence electrons. The molecule has 2 aromatic rings. The highest BCUT2D eigenvalue weighted by molar-refractivity contribution is 5.39.